The van der Waals surface area contributed by atoms with Crippen molar-refractivity contribution in [3.05, 3.63) is 87.9 Å². The summed E-state index contributed by atoms with van der Waals surface area (Å²) in [6.45, 7) is 1.35. The molecule has 0 spiro atoms. The summed E-state index contributed by atoms with van der Waals surface area (Å²) in [5.41, 5.74) is 4.53. The number of hydrogen-bond donors (Lipinski definition) is 1. The molecule has 0 radical (unpaired) electrons. The summed E-state index contributed by atoms with van der Waals surface area (Å²) < 4.78 is 17.0. The molecule has 1 unspecified atom stereocenters. The van der Waals surface area contributed by atoms with E-state index < -0.39 is 0 Å². The van der Waals surface area contributed by atoms with Crippen molar-refractivity contribution in [2.75, 3.05) is 20.8 Å². The van der Waals surface area contributed by atoms with Crippen LogP contribution < -0.4 is 19.5 Å². The Hall–Kier alpha value is -2.69. The fourth-order valence-corrected chi connectivity index (χ4v) is 4.00. The lowest BCUT2D eigenvalue weighted by Crippen LogP contribution is -2.30. The van der Waals surface area contributed by atoms with Crippen LogP contribution in [0.3, 0.4) is 0 Å². The highest BCUT2D eigenvalue weighted by Crippen LogP contribution is 2.40. The maximum atomic E-state index is 6.57. The van der Waals surface area contributed by atoms with Crippen LogP contribution in [0.15, 0.2) is 60.7 Å². The third-order valence-electron chi connectivity index (χ3n) is 5.24. The van der Waals surface area contributed by atoms with Crippen molar-refractivity contribution in [1.82, 2.24) is 5.32 Å². The van der Waals surface area contributed by atoms with Crippen LogP contribution in [-0.2, 0) is 13.0 Å². The molecule has 150 valence electrons. The quantitative estimate of drug-likeness (QED) is 0.609. The van der Waals surface area contributed by atoms with Gasteiger partial charge < -0.3 is 19.5 Å². The van der Waals surface area contributed by atoms with Crippen molar-refractivity contribution < 1.29 is 14.2 Å². The van der Waals surface area contributed by atoms with Gasteiger partial charge in [0.25, 0.3) is 0 Å². The molecule has 4 rings (SSSR count). The standard InChI is InChI=1S/C24H24ClNO3/c1-27-18-8-9-19(21(25)13-18)24-20-14-23(29-15-16-6-4-3-5-7-16)22(28-2)12-17(20)10-11-26-24/h3-9,12-14,24,26H,10-11,15H2,1-2H3. The van der Waals surface area contributed by atoms with E-state index in [1.165, 1.54) is 5.56 Å². The fraction of sp³-hybridized carbons (Fsp3) is 0.250. The van der Waals surface area contributed by atoms with Gasteiger partial charge in [0.05, 0.1) is 20.3 Å². The molecule has 1 N–H and O–H groups in total. The van der Waals surface area contributed by atoms with Crippen molar-refractivity contribution in [2.24, 2.45) is 0 Å². The maximum Gasteiger partial charge on any atom is 0.162 e. The molecule has 0 amide bonds. The van der Waals surface area contributed by atoms with Gasteiger partial charge in [0.15, 0.2) is 11.5 Å². The van der Waals surface area contributed by atoms with E-state index in [0.29, 0.717) is 11.6 Å². The normalized spacial score (nSPS) is 15.5. The summed E-state index contributed by atoms with van der Waals surface area (Å²) in [5, 5.41) is 4.26. The first kappa shape index (κ1) is 19.6. The van der Waals surface area contributed by atoms with Crippen LogP contribution in [0.25, 0.3) is 0 Å². The van der Waals surface area contributed by atoms with E-state index in [4.69, 9.17) is 25.8 Å². The Balaban J connectivity index is 1.68. The Bertz CT molecular complexity index is 991. The summed E-state index contributed by atoms with van der Waals surface area (Å²) in [7, 11) is 3.32. The minimum atomic E-state index is -0.0119. The van der Waals surface area contributed by atoms with Crippen LogP contribution in [0.1, 0.15) is 28.3 Å². The first-order valence-corrected chi connectivity index (χ1v) is 10.0. The van der Waals surface area contributed by atoms with Gasteiger partial charge in [-0.1, -0.05) is 48.0 Å². The Labute approximate surface area is 176 Å². The number of hydrogen-bond acceptors (Lipinski definition) is 4. The van der Waals surface area contributed by atoms with Crippen LogP contribution in [0, 0.1) is 0 Å². The molecule has 3 aromatic rings. The van der Waals surface area contributed by atoms with Crippen molar-refractivity contribution >= 4 is 11.6 Å². The average Bonchev–Trinajstić information content (AvgIpc) is 2.77. The zero-order valence-corrected chi connectivity index (χ0v) is 17.3. The van der Waals surface area contributed by atoms with E-state index in [1.807, 2.05) is 48.5 Å². The molecule has 0 saturated carbocycles. The summed E-state index contributed by atoms with van der Waals surface area (Å²) in [6.07, 6.45) is 0.926. The molecule has 5 heteroatoms. The van der Waals surface area contributed by atoms with Crippen LogP contribution >= 0.6 is 11.6 Å². The van der Waals surface area contributed by atoms with Crippen molar-refractivity contribution in [3.8, 4) is 17.2 Å². The summed E-state index contributed by atoms with van der Waals surface area (Å²) in [5.74, 6) is 2.23. The largest absolute Gasteiger partial charge is 0.497 e. The van der Waals surface area contributed by atoms with E-state index in [0.717, 1.165) is 46.9 Å². The van der Waals surface area contributed by atoms with E-state index in [-0.39, 0.29) is 6.04 Å². The molecule has 0 aromatic heterocycles. The predicted octanol–water partition coefficient (Wildman–Crippen LogP) is 5.17. The maximum absolute atomic E-state index is 6.57. The molecule has 1 atom stereocenters. The number of nitrogens with one attached hydrogen (secondary N) is 1. The van der Waals surface area contributed by atoms with Gasteiger partial charge in [-0.2, -0.15) is 0 Å². The van der Waals surface area contributed by atoms with Gasteiger partial charge in [0.2, 0.25) is 0 Å². The molecular formula is C24H24ClNO3. The third kappa shape index (κ3) is 4.19. The Kier molecular flexibility index (Phi) is 5.93. The number of rotatable bonds is 6. The second-order valence-electron chi connectivity index (χ2n) is 7.00. The minimum Gasteiger partial charge on any atom is -0.497 e. The van der Waals surface area contributed by atoms with Crippen LogP contribution in [0.4, 0.5) is 0 Å². The van der Waals surface area contributed by atoms with E-state index in [9.17, 15) is 0 Å². The van der Waals surface area contributed by atoms with Crippen LogP contribution in [0.2, 0.25) is 5.02 Å². The molecule has 0 bridgehead atoms. The lowest BCUT2D eigenvalue weighted by atomic mass is 9.89. The van der Waals surface area contributed by atoms with Gasteiger partial charge in [0.1, 0.15) is 12.4 Å². The van der Waals surface area contributed by atoms with Crippen LogP contribution in [0.5, 0.6) is 17.2 Å². The first-order valence-electron chi connectivity index (χ1n) is 9.64. The average molecular weight is 410 g/mol. The van der Waals surface area contributed by atoms with E-state index >= 15 is 0 Å². The van der Waals surface area contributed by atoms with Gasteiger partial charge in [-0.3, -0.25) is 0 Å². The number of benzene rings is 3. The number of halogens is 1. The smallest absolute Gasteiger partial charge is 0.162 e. The Morgan fingerprint density at radius 2 is 1.76 bits per heavy atom. The van der Waals surface area contributed by atoms with Gasteiger partial charge >= 0.3 is 0 Å². The summed E-state index contributed by atoms with van der Waals surface area (Å²) in [4.78, 5) is 0. The molecule has 1 heterocycles. The predicted molar refractivity (Wildman–Crippen MR) is 115 cm³/mol. The topological polar surface area (TPSA) is 39.7 Å². The molecule has 0 saturated heterocycles. The second-order valence-corrected chi connectivity index (χ2v) is 7.41. The highest BCUT2D eigenvalue weighted by molar-refractivity contribution is 6.31. The van der Waals surface area contributed by atoms with Gasteiger partial charge in [0, 0.05) is 11.6 Å². The van der Waals surface area contributed by atoms with Crippen molar-refractivity contribution in [1.29, 1.82) is 0 Å². The molecule has 3 aromatic carbocycles. The number of ether oxygens (including phenoxy) is 3. The number of methoxy groups -OCH3 is 2. The SMILES string of the molecule is COc1ccc(C2NCCc3cc(OC)c(OCc4ccccc4)cc32)c(Cl)c1. The number of fused-ring (bicyclic) bond motifs is 1. The molecule has 0 fully saturated rings. The molecule has 4 nitrogen and oxygen atoms in total. The highest BCUT2D eigenvalue weighted by atomic mass is 35.5. The Morgan fingerprint density at radius 3 is 2.48 bits per heavy atom. The highest BCUT2D eigenvalue weighted by Gasteiger charge is 2.25. The Morgan fingerprint density at radius 1 is 0.931 bits per heavy atom. The molecule has 29 heavy (non-hydrogen) atoms. The van der Waals surface area contributed by atoms with Gasteiger partial charge in [-0.25, -0.2) is 0 Å². The molecular weight excluding hydrogens is 386 g/mol. The zero-order valence-electron chi connectivity index (χ0n) is 16.6. The molecule has 1 aliphatic rings. The summed E-state index contributed by atoms with van der Waals surface area (Å²) >= 11 is 6.57. The van der Waals surface area contributed by atoms with Crippen molar-refractivity contribution in [3.63, 3.8) is 0 Å². The zero-order chi connectivity index (χ0) is 20.2. The van der Waals surface area contributed by atoms with Gasteiger partial charge in [-0.15, -0.1) is 0 Å². The van der Waals surface area contributed by atoms with Crippen LogP contribution in [-0.4, -0.2) is 20.8 Å². The van der Waals surface area contributed by atoms with Crippen molar-refractivity contribution in [2.45, 2.75) is 19.1 Å². The third-order valence-corrected chi connectivity index (χ3v) is 5.56. The molecule has 0 aliphatic carbocycles. The minimum absolute atomic E-state index is 0.0119. The second kappa shape index (κ2) is 8.76. The summed E-state index contributed by atoms with van der Waals surface area (Å²) in [6, 6.07) is 20.1. The lowest BCUT2D eigenvalue weighted by molar-refractivity contribution is 0.283. The van der Waals surface area contributed by atoms with E-state index in [2.05, 4.69) is 17.4 Å². The fourth-order valence-electron chi connectivity index (χ4n) is 3.72. The van der Waals surface area contributed by atoms with E-state index in [1.54, 1.807) is 14.2 Å². The van der Waals surface area contributed by atoms with Gasteiger partial charge in [-0.05, 0) is 52.9 Å². The lowest BCUT2D eigenvalue weighted by Gasteiger charge is -2.29. The first-order chi connectivity index (χ1) is 14.2. The molecule has 1 aliphatic heterocycles. The monoisotopic (exact) mass is 409 g/mol.